The van der Waals surface area contributed by atoms with Crippen LogP contribution in [0.5, 0.6) is 11.5 Å². The zero-order chi connectivity index (χ0) is 16.8. The molecule has 0 atom stereocenters. The van der Waals surface area contributed by atoms with Crippen LogP contribution in [0.1, 0.15) is 11.1 Å². The third-order valence-electron chi connectivity index (χ3n) is 3.58. The van der Waals surface area contributed by atoms with Crippen molar-refractivity contribution in [3.63, 3.8) is 0 Å². The summed E-state index contributed by atoms with van der Waals surface area (Å²) in [5, 5.41) is 2.93. The second kappa shape index (κ2) is 7.47. The summed E-state index contributed by atoms with van der Waals surface area (Å²) < 4.78 is 5.86. The van der Waals surface area contributed by atoms with Crippen molar-refractivity contribution in [3.8, 4) is 11.5 Å². The third-order valence-corrected chi connectivity index (χ3v) is 3.58. The summed E-state index contributed by atoms with van der Waals surface area (Å²) in [5.74, 6) is 1.30. The van der Waals surface area contributed by atoms with E-state index in [9.17, 15) is 4.79 Å². The fraction of sp³-hybridized carbons (Fsp3) is 0.0952. The van der Waals surface area contributed by atoms with Crippen LogP contribution in [0.4, 0.5) is 5.69 Å². The lowest BCUT2D eigenvalue weighted by Crippen LogP contribution is -2.15. The lowest BCUT2D eigenvalue weighted by molar-refractivity contribution is -0.115. The Morgan fingerprint density at radius 1 is 0.917 bits per heavy atom. The van der Waals surface area contributed by atoms with Crippen molar-refractivity contribution in [1.29, 1.82) is 0 Å². The SMILES string of the molecule is Cc1cccc(CC(=O)Nc2ccccc2Oc2ccccc2)c1. The second-order valence-corrected chi connectivity index (χ2v) is 5.63. The van der Waals surface area contributed by atoms with Gasteiger partial charge in [0.05, 0.1) is 12.1 Å². The van der Waals surface area contributed by atoms with E-state index < -0.39 is 0 Å². The van der Waals surface area contributed by atoms with Crippen LogP contribution >= 0.6 is 0 Å². The van der Waals surface area contributed by atoms with E-state index in [0.717, 1.165) is 16.9 Å². The van der Waals surface area contributed by atoms with Gasteiger partial charge in [0.25, 0.3) is 0 Å². The van der Waals surface area contributed by atoms with Gasteiger partial charge in [-0.3, -0.25) is 4.79 Å². The quantitative estimate of drug-likeness (QED) is 0.721. The van der Waals surface area contributed by atoms with E-state index >= 15 is 0 Å². The molecule has 120 valence electrons. The molecular formula is C21H19NO2. The van der Waals surface area contributed by atoms with Crippen LogP contribution in [0, 0.1) is 6.92 Å². The number of aryl methyl sites for hydroxylation is 1. The number of carbonyl (C=O) groups excluding carboxylic acids is 1. The van der Waals surface area contributed by atoms with E-state index in [1.807, 2.05) is 85.8 Å². The minimum absolute atomic E-state index is 0.0651. The first-order chi connectivity index (χ1) is 11.7. The highest BCUT2D eigenvalue weighted by atomic mass is 16.5. The van der Waals surface area contributed by atoms with Gasteiger partial charge in [-0.15, -0.1) is 0 Å². The molecule has 3 rings (SSSR count). The van der Waals surface area contributed by atoms with E-state index in [1.165, 1.54) is 0 Å². The Bertz CT molecular complexity index is 828. The van der Waals surface area contributed by atoms with E-state index in [4.69, 9.17) is 4.74 Å². The largest absolute Gasteiger partial charge is 0.455 e. The molecule has 0 aliphatic rings. The smallest absolute Gasteiger partial charge is 0.228 e. The highest BCUT2D eigenvalue weighted by Crippen LogP contribution is 2.29. The molecule has 3 aromatic carbocycles. The lowest BCUT2D eigenvalue weighted by Gasteiger charge is -2.12. The van der Waals surface area contributed by atoms with E-state index in [2.05, 4.69) is 5.32 Å². The number of benzene rings is 3. The molecule has 0 fully saturated rings. The summed E-state index contributed by atoms with van der Waals surface area (Å²) in [7, 11) is 0. The highest BCUT2D eigenvalue weighted by Gasteiger charge is 2.09. The second-order valence-electron chi connectivity index (χ2n) is 5.63. The monoisotopic (exact) mass is 317 g/mol. The number of nitrogens with one attached hydrogen (secondary N) is 1. The van der Waals surface area contributed by atoms with Gasteiger partial charge in [0, 0.05) is 0 Å². The summed E-state index contributed by atoms with van der Waals surface area (Å²) in [4.78, 5) is 12.3. The molecule has 0 unspecified atom stereocenters. The van der Waals surface area contributed by atoms with Crippen molar-refractivity contribution in [2.75, 3.05) is 5.32 Å². The number of para-hydroxylation sites is 3. The molecule has 1 N–H and O–H groups in total. The first-order valence-electron chi connectivity index (χ1n) is 7.88. The van der Waals surface area contributed by atoms with Crippen LogP contribution in [0.2, 0.25) is 0 Å². The van der Waals surface area contributed by atoms with Crippen molar-refractivity contribution < 1.29 is 9.53 Å². The van der Waals surface area contributed by atoms with Gasteiger partial charge in [0.2, 0.25) is 5.91 Å². The van der Waals surface area contributed by atoms with Gasteiger partial charge < -0.3 is 10.1 Å². The van der Waals surface area contributed by atoms with Crippen LogP contribution in [-0.4, -0.2) is 5.91 Å². The maximum atomic E-state index is 12.3. The number of rotatable bonds is 5. The molecule has 0 aromatic heterocycles. The first kappa shape index (κ1) is 15.8. The van der Waals surface area contributed by atoms with Crippen LogP contribution in [-0.2, 0) is 11.2 Å². The van der Waals surface area contributed by atoms with Gasteiger partial charge >= 0.3 is 0 Å². The minimum atomic E-state index is -0.0651. The van der Waals surface area contributed by atoms with Gasteiger partial charge in [-0.25, -0.2) is 0 Å². The summed E-state index contributed by atoms with van der Waals surface area (Å²) in [6.07, 6.45) is 0.335. The molecule has 0 saturated carbocycles. The Balaban J connectivity index is 1.72. The van der Waals surface area contributed by atoms with Crippen LogP contribution < -0.4 is 10.1 Å². The van der Waals surface area contributed by atoms with Crippen molar-refractivity contribution in [2.24, 2.45) is 0 Å². The average Bonchev–Trinajstić information content (AvgIpc) is 2.57. The van der Waals surface area contributed by atoms with Crippen LogP contribution in [0.25, 0.3) is 0 Å². The van der Waals surface area contributed by atoms with Crippen LogP contribution in [0.15, 0.2) is 78.9 Å². The van der Waals surface area contributed by atoms with Gasteiger partial charge in [-0.2, -0.15) is 0 Å². The summed E-state index contributed by atoms with van der Waals surface area (Å²) in [6, 6.07) is 24.9. The average molecular weight is 317 g/mol. The standard InChI is InChI=1S/C21H19NO2/c1-16-8-7-9-17(14-16)15-21(23)22-19-12-5-6-13-20(19)24-18-10-3-2-4-11-18/h2-14H,15H2,1H3,(H,22,23). The van der Waals surface area contributed by atoms with Crippen molar-refractivity contribution in [2.45, 2.75) is 13.3 Å². The molecule has 0 aliphatic carbocycles. The molecule has 3 aromatic rings. The molecule has 0 saturated heterocycles. The van der Waals surface area contributed by atoms with Crippen LogP contribution in [0.3, 0.4) is 0 Å². The molecule has 0 aliphatic heterocycles. The number of hydrogen-bond donors (Lipinski definition) is 1. The summed E-state index contributed by atoms with van der Waals surface area (Å²) >= 11 is 0. The van der Waals surface area contributed by atoms with Gasteiger partial charge in [-0.1, -0.05) is 60.2 Å². The van der Waals surface area contributed by atoms with Gasteiger partial charge in [-0.05, 0) is 36.8 Å². The van der Waals surface area contributed by atoms with E-state index in [1.54, 1.807) is 0 Å². The molecule has 0 heterocycles. The Kier molecular flexibility index (Phi) is 4.92. The Morgan fingerprint density at radius 2 is 1.67 bits per heavy atom. The number of amides is 1. The van der Waals surface area contributed by atoms with E-state index in [0.29, 0.717) is 17.9 Å². The van der Waals surface area contributed by atoms with Gasteiger partial charge in [0.1, 0.15) is 5.75 Å². The number of ether oxygens (including phenoxy) is 1. The summed E-state index contributed by atoms with van der Waals surface area (Å²) in [5.41, 5.74) is 2.81. The molecule has 3 nitrogen and oxygen atoms in total. The maximum Gasteiger partial charge on any atom is 0.228 e. The molecule has 1 amide bonds. The molecule has 0 spiro atoms. The van der Waals surface area contributed by atoms with Gasteiger partial charge in [0.15, 0.2) is 5.75 Å². The summed E-state index contributed by atoms with van der Waals surface area (Å²) in [6.45, 7) is 2.02. The van der Waals surface area contributed by atoms with Crippen molar-refractivity contribution in [1.82, 2.24) is 0 Å². The minimum Gasteiger partial charge on any atom is -0.455 e. The molecule has 0 radical (unpaired) electrons. The molecule has 24 heavy (non-hydrogen) atoms. The third kappa shape index (κ3) is 4.23. The predicted octanol–water partition coefficient (Wildman–Crippen LogP) is 4.97. The molecule has 0 bridgehead atoms. The number of anilines is 1. The highest BCUT2D eigenvalue weighted by molar-refractivity contribution is 5.93. The number of carbonyl (C=O) groups is 1. The zero-order valence-corrected chi connectivity index (χ0v) is 13.5. The lowest BCUT2D eigenvalue weighted by atomic mass is 10.1. The molecular weight excluding hydrogens is 298 g/mol. The normalized spacial score (nSPS) is 10.2. The van der Waals surface area contributed by atoms with Crippen molar-refractivity contribution >= 4 is 11.6 Å². The van der Waals surface area contributed by atoms with Crippen molar-refractivity contribution in [3.05, 3.63) is 90.0 Å². The fourth-order valence-corrected chi connectivity index (χ4v) is 2.48. The Hall–Kier alpha value is -3.07. The Morgan fingerprint density at radius 3 is 2.46 bits per heavy atom. The Labute approximate surface area is 141 Å². The molecule has 3 heteroatoms. The fourth-order valence-electron chi connectivity index (χ4n) is 2.48. The zero-order valence-electron chi connectivity index (χ0n) is 13.5. The predicted molar refractivity (Wildman–Crippen MR) is 96.5 cm³/mol. The first-order valence-corrected chi connectivity index (χ1v) is 7.88. The topological polar surface area (TPSA) is 38.3 Å². The maximum absolute atomic E-state index is 12.3. The van der Waals surface area contributed by atoms with E-state index in [-0.39, 0.29) is 5.91 Å². The number of hydrogen-bond acceptors (Lipinski definition) is 2.